The van der Waals surface area contributed by atoms with Crippen molar-refractivity contribution in [2.45, 2.75) is 26.1 Å². The Bertz CT molecular complexity index is 667. The molecule has 1 aliphatic heterocycles. The number of morpholine rings is 1. The Morgan fingerprint density at radius 1 is 1.32 bits per heavy atom. The Hall–Kier alpha value is -1.31. The van der Waals surface area contributed by atoms with E-state index in [-0.39, 0.29) is 29.4 Å². The van der Waals surface area contributed by atoms with E-state index in [1.165, 1.54) is 18.2 Å². The van der Waals surface area contributed by atoms with Gasteiger partial charge in [0.2, 0.25) is 10.0 Å². The summed E-state index contributed by atoms with van der Waals surface area (Å²) in [4.78, 5) is 14.4. The third-order valence-electron chi connectivity index (χ3n) is 3.21. The molecule has 1 N–H and O–H groups in total. The predicted molar refractivity (Wildman–Crippen MR) is 85.8 cm³/mol. The highest BCUT2D eigenvalue weighted by molar-refractivity contribution is 7.92. The molecule has 122 valence electrons. The first-order valence-electron chi connectivity index (χ1n) is 6.88. The van der Waals surface area contributed by atoms with Crippen molar-refractivity contribution < 1.29 is 17.9 Å². The van der Waals surface area contributed by atoms with Crippen LogP contribution in [0.1, 0.15) is 24.2 Å². The number of carbonyl (C=O) groups is 1. The van der Waals surface area contributed by atoms with Crippen LogP contribution in [0.2, 0.25) is 5.02 Å². The van der Waals surface area contributed by atoms with Gasteiger partial charge in [-0.25, -0.2) is 8.42 Å². The van der Waals surface area contributed by atoms with Crippen LogP contribution >= 0.6 is 11.6 Å². The van der Waals surface area contributed by atoms with Crippen molar-refractivity contribution >= 4 is 33.2 Å². The molecule has 1 amide bonds. The van der Waals surface area contributed by atoms with Crippen LogP contribution < -0.4 is 4.72 Å². The number of hydrogen-bond acceptors (Lipinski definition) is 4. The van der Waals surface area contributed by atoms with Gasteiger partial charge in [0.1, 0.15) is 0 Å². The fourth-order valence-corrected chi connectivity index (χ4v) is 3.25. The molecule has 8 heteroatoms. The van der Waals surface area contributed by atoms with Gasteiger partial charge in [-0.15, -0.1) is 0 Å². The standard InChI is InChI=1S/C14H19ClN2O4S/c1-9-7-17(8-10(2)21-9)14(18)12-6-11(15)4-5-13(12)16-22(3,19)20/h4-6,9-10,16H,7-8H2,1-3H3/t9-,10-/m0/s1. The van der Waals surface area contributed by atoms with Crippen molar-refractivity contribution in [2.75, 3.05) is 24.1 Å². The van der Waals surface area contributed by atoms with Gasteiger partial charge >= 0.3 is 0 Å². The van der Waals surface area contributed by atoms with E-state index in [0.717, 1.165) is 6.26 Å². The Kier molecular flexibility index (Phi) is 4.99. The molecule has 1 aliphatic rings. The minimum atomic E-state index is -3.49. The average molecular weight is 347 g/mol. The van der Waals surface area contributed by atoms with E-state index >= 15 is 0 Å². The largest absolute Gasteiger partial charge is 0.372 e. The molecule has 0 aromatic heterocycles. The van der Waals surface area contributed by atoms with Crippen molar-refractivity contribution in [1.29, 1.82) is 0 Å². The number of sulfonamides is 1. The lowest BCUT2D eigenvalue weighted by Gasteiger charge is -2.35. The van der Waals surface area contributed by atoms with Gasteiger partial charge in [0.05, 0.1) is 29.7 Å². The molecule has 0 aliphatic carbocycles. The smallest absolute Gasteiger partial charge is 0.256 e. The average Bonchev–Trinajstić information content (AvgIpc) is 2.37. The summed E-state index contributed by atoms with van der Waals surface area (Å²) in [5.74, 6) is -0.268. The second-order valence-electron chi connectivity index (χ2n) is 5.53. The summed E-state index contributed by atoms with van der Waals surface area (Å²) in [5.41, 5.74) is 0.461. The zero-order valence-corrected chi connectivity index (χ0v) is 14.2. The van der Waals surface area contributed by atoms with Crippen molar-refractivity contribution in [3.63, 3.8) is 0 Å². The van der Waals surface area contributed by atoms with Crippen molar-refractivity contribution in [3.05, 3.63) is 28.8 Å². The predicted octanol–water partition coefficient (Wildman–Crippen LogP) is 1.96. The minimum absolute atomic E-state index is 0.0711. The Balaban J connectivity index is 2.34. The lowest BCUT2D eigenvalue weighted by Crippen LogP contribution is -2.48. The van der Waals surface area contributed by atoms with E-state index < -0.39 is 10.0 Å². The molecule has 22 heavy (non-hydrogen) atoms. The lowest BCUT2D eigenvalue weighted by molar-refractivity contribution is -0.0585. The zero-order chi connectivity index (χ0) is 16.5. The molecule has 1 heterocycles. The molecule has 1 aromatic rings. The highest BCUT2D eigenvalue weighted by atomic mass is 35.5. The molecule has 1 fully saturated rings. The summed E-state index contributed by atoms with van der Waals surface area (Å²) in [6, 6.07) is 4.50. The highest BCUT2D eigenvalue weighted by Gasteiger charge is 2.28. The highest BCUT2D eigenvalue weighted by Crippen LogP contribution is 2.24. The summed E-state index contributed by atoms with van der Waals surface area (Å²) < 4.78 is 30.9. The van der Waals surface area contributed by atoms with Gasteiger partial charge < -0.3 is 9.64 Å². The Morgan fingerprint density at radius 2 is 1.91 bits per heavy atom. The number of benzene rings is 1. The molecule has 2 rings (SSSR count). The molecule has 0 spiro atoms. The van der Waals surface area contributed by atoms with E-state index in [1.54, 1.807) is 4.90 Å². The molecule has 1 aromatic carbocycles. The third kappa shape index (κ3) is 4.34. The molecular formula is C14H19ClN2O4S. The Morgan fingerprint density at radius 3 is 2.45 bits per heavy atom. The van der Waals surface area contributed by atoms with E-state index in [9.17, 15) is 13.2 Å². The minimum Gasteiger partial charge on any atom is -0.372 e. The van der Waals surface area contributed by atoms with Gasteiger partial charge in [-0.05, 0) is 32.0 Å². The van der Waals surface area contributed by atoms with Gasteiger partial charge in [-0.1, -0.05) is 11.6 Å². The van der Waals surface area contributed by atoms with Crippen LogP contribution in [-0.2, 0) is 14.8 Å². The number of rotatable bonds is 3. The first-order valence-corrected chi connectivity index (χ1v) is 9.14. The van der Waals surface area contributed by atoms with Gasteiger partial charge in [0.25, 0.3) is 5.91 Å². The van der Waals surface area contributed by atoms with Crippen molar-refractivity contribution in [2.24, 2.45) is 0 Å². The fourth-order valence-electron chi connectivity index (χ4n) is 2.50. The first-order chi connectivity index (χ1) is 10.2. The molecule has 0 radical (unpaired) electrons. The van der Waals surface area contributed by atoms with Crippen molar-refractivity contribution in [1.82, 2.24) is 4.90 Å². The van der Waals surface area contributed by atoms with Crippen LogP contribution in [0.15, 0.2) is 18.2 Å². The number of amides is 1. The van der Waals surface area contributed by atoms with E-state index in [0.29, 0.717) is 18.1 Å². The number of nitrogens with one attached hydrogen (secondary N) is 1. The molecular weight excluding hydrogens is 328 g/mol. The van der Waals surface area contributed by atoms with E-state index in [2.05, 4.69) is 4.72 Å². The van der Waals surface area contributed by atoms with Crippen LogP contribution in [0.3, 0.4) is 0 Å². The molecule has 0 unspecified atom stereocenters. The SMILES string of the molecule is C[C@H]1CN(C(=O)c2cc(Cl)ccc2NS(C)(=O)=O)C[C@H](C)O1. The molecule has 0 bridgehead atoms. The van der Waals surface area contributed by atoms with Gasteiger partial charge in [-0.3, -0.25) is 9.52 Å². The van der Waals surface area contributed by atoms with Crippen LogP contribution in [0.25, 0.3) is 0 Å². The summed E-state index contributed by atoms with van der Waals surface area (Å²) in [5, 5.41) is 0.372. The van der Waals surface area contributed by atoms with Gasteiger partial charge in [0.15, 0.2) is 0 Å². The monoisotopic (exact) mass is 346 g/mol. The first kappa shape index (κ1) is 17.1. The topological polar surface area (TPSA) is 75.7 Å². The quantitative estimate of drug-likeness (QED) is 0.907. The lowest BCUT2D eigenvalue weighted by atomic mass is 10.1. The zero-order valence-electron chi connectivity index (χ0n) is 12.7. The second kappa shape index (κ2) is 6.44. The van der Waals surface area contributed by atoms with Crippen LogP contribution in [-0.4, -0.2) is 50.8 Å². The molecule has 6 nitrogen and oxygen atoms in total. The molecule has 2 atom stereocenters. The second-order valence-corrected chi connectivity index (χ2v) is 7.72. The number of ether oxygens (including phenoxy) is 1. The normalized spacial score (nSPS) is 22.5. The number of hydrogen-bond donors (Lipinski definition) is 1. The third-order valence-corrected chi connectivity index (χ3v) is 4.04. The molecule has 1 saturated heterocycles. The van der Waals surface area contributed by atoms with Crippen LogP contribution in [0, 0.1) is 0 Å². The number of carbonyl (C=O) groups excluding carboxylic acids is 1. The summed E-state index contributed by atoms with van der Waals surface area (Å²) in [7, 11) is -3.49. The summed E-state index contributed by atoms with van der Waals surface area (Å²) >= 11 is 5.96. The summed E-state index contributed by atoms with van der Waals surface area (Å²) in [6.45, 7) is 4.69. The Labute approximate surface area is 135 Å². The number of nitrogens with zero attached hydrogens (tertiary/aromatic N) is 1. The van der Waals surface area contributed by atoms with Crippen molar-refractivity contribution in [3.8, 4) is 0 Å². The van der Waals surface area contributed by atoms with Gasteiger partial charge in [0, 0.05) is 18.1 Å². The number of anilines is 1. The maximum absolute atomic E-state index is 12.7. The fraction of sp³-hybridized carbons (Fsp3) is 0.500. The summed E-state index contributed by atoms with van der Waals surface area (Å²) in [6.07, 6.45) is 0.894. The van der Waals surface area contributed by atoms with E-state index in [1.807, 2.05) is 13.8 Å². The number of halogens is 1. The maximum atomic E-state index is 12.7. The molecule has 0 saturated carbocycles. The van der Waals surface area contributed by atoms with E-state index in [4.69, 9.17) is 16.3 Å². The van der Waals surface area contributed by atoms with Crippen LogP contribution in [0.4, 0.5) is 5.69 Å². The maximum Gasteiger partial charge on any atom is 0.256 e. The van der Waals surface area contributed by atoms with Gasteiger partial charge in [-0.2, -0.15) is 0 Å². The van der Waals surface area contributed by atoms with Crippen LogP contribution in [0.5, 0.6) is 0 Å².